The molecule has 8 nitrogen and oxygen atoms in total. The number of hydrogen-bond donors (Lipinski definition) is 2. The summed E-state index contributed by atoms with van der Waals surface area (Å²) in [5.74, 6) is -2.14. The standard InChI is InChI=1S/C51H48F2N6O2/c1-7-51(52,53)36-21-24-45-44(29-36)56-48(58(45)8-2)41-16-12-10-14-39(41)37-22-18-33(25-31(37)4)26-32(5)59-46-23-20-35(50(61)55-6)28-43(46)57-49(59)40-15-11-9-13-38(40)34-19-17-30(3)42(27-34)47(54)60/h9-25,27-29,32H,7-8,26H2,1-6H3,(H2,54,60)(H,55,61). The normalized spacial score (nSPS) is 12.3. The first-order chi connectivity index (χ1) is 29.3. The molecule has 2 heterocycles. The minimum atomic E-state index is -2.93. The van der Waals surface area contributed by atoms with Crippen LogP contribution in [0.15, 0.2) is 121 Å². The summed E-state index contributed by atoms with van der Waals surface area (Å²) in [6, 6.07) is 38.7. The van der Waals surface area contributed by atoms with Crippen LogP contribution in [0, 0.1) is 13.8 Å². The van der Waals surface area contributed by atoms with Crippen molar-refractivity contribution in [2.24, 2.45) is 5.73 Å². The van der Waals surface area contributed by atoms with Crippen molar-refractivity contribution < 1.29 is 18.4 Å². The van der Waals surface area contributed by atoms with Gasteiger partial charge >= 0.3 is 0 Å². The SMILES string of the molecule is CCn1c(-c2ccccc2-c2ccc(CC(C)n3c(-c4ccccc4-c4ccc(C)c(C(N)=O)c4)nc4cc(C(=O)NC)ccc43)cc2C)nc2cc(C(F)(F)CC)ccc21. The third-order valence-electron chi connectivity index (χ3n) is 11.8. The Balaban J connectivity index is 1.18. The van der Waals surface area contributed by atoms with Crippen molar-refractivity contribution in [3.63, 3.8) is 0 Å². The number of halogens is 2. The van der Waals surface area contributed by atoms with Crippen molar-refractivity contribution in [2.75, 3.05) is 7.05 Å². The summed E-state index contributed by atoms with van der Waals surface area (Å²) >= 11 is 0. The maximum atomic E-state index is 14.7. The van der Waals surface area contributed by atoms with Gasteiger partial charge in [0.15, 0.2) is 0 Å². The van der Waals surface area contributed by atoms with Gasteiger partial charge in [-0.05, 0) is 109 Å². The molecule has 8 rings (SSSR count). The van der Waals surface area contributed by atoms with Crippen LogP contribution in [0.25, 0.3) is 67.1 Å². The van der Waals surface area contributed by atoms with Crippen LogP contribution in [0.4, 0.5) is 8.78 Å². The highest BCUT2D eigenvalue weighted by Crippen LogP contribution is 2.40. The molecular weight excluding hydrogens is 767 g/mol. The summed E-state index contributed by atoms with van der Waals surface area (Å²) in [5.41, 5.74) is 18.3. The summed E-state index contributed by atoms with van der Waals surface area (Å²) < 4.78 is 33.8. The average molecular weight is 815 g/mol. The number of aromatic nitrogens is 4. The zero-order valence-corrected chi connectivity index (χ0v) is 35.2. The van der Waals surface area contributed by atoms with Gasteiger partial charge in [0.05, 0.1) is 22.1 Å². The second kappa shape index (κ2) is 16.3. The Morgan fingerprint density at radius 3 is 2.05 bits per heavy atom. The molecule has 3 N–H and O–H groups in total. The van der Waals surface area contributed by atoms with Gasteiger partial charge in [-0.1, -0.05) is 91.9 Å². The van der Waals surface area contributed by atoms with Gasteiger partial charge < -0.3 is 20.2 Å². The van der Waals surface area contributed by atoms with E-state index in [1.165, 1.54) is 19.1 Å². The van der Waals surface area contributed by atoms with Gasteiger partial charge in [0.1, 0.15) is 11.6 Å². The predicted molar refractivity (Wildman–Crippen MR) is 241 cm³/mol. The summed E-state index contributed by atoms with van der Waals surface area (Å²) in [7, 11) is 1.61. The molecule has 0 fully saturated rings. The number of amides is 2. The highest BCUT2D eigenvalue weighted by molar-refractivity contribution is 5.99. The third-order valence-corrected chi connectivity index (χ3v) is 11.8. The Labute approximate surface area is 354 Å². The lowest BCUT2D eigenvalue weighted by Gasteiger charge is -2.21. The molecule has 10 heteroatoms. The van der Waals surface area contributed by atoms with E-state index >= 15 is 0 Å². The van der Waals surface area contributed by atoms with Gasteiger partial charge in [0.25, 0.3) is 11.8 Å². The van der Waals surface area contributed by atoms with E-state index < -0.39 is 11.8 Å². The highest BCUT2D eigenvalue weighted by Gasteiger charge is 2.30. The molecule has 0 saturated carbocycles. The topological polar surface area (TPSA) is 108 Å². The maximum absolute atomic E-state index is 14.7. The van der Waals surface area contributed by atoms with Gasteiger partial charge in [-0.15, -0.1) is 0 Å². The van der Waals surface area contributed by atoms with Crippen molar-refractivity contribution in [3.8, 4) is 45.0 Å². The Morgan fingerprint density at radius 1 is 0.721 bits per heavy atom. The van der Waals surface area contributed by atoms with Crippen LogP contribution in [-0.2, 0) is 18.9 Å². The number of nitrogens with two attached hydrogens (primary N) is 1. The average Bonchev–Trinajstić information content (AvgIpc) is 3.84. The lowest BCUT2D eigenvalue weighted by Crippen LogP contribution is -2.17. The number of fused-ring (bicyclic) bond motifs is 2. The molecule has 0 aliphatic heterocycles. The van der Waals surface area contributed by atoms with E-state index in [9.17, 15) is 18.4 Å². The minimum Gasteiger partial charge on any atom is -0.366 e. The number of hydrogen-bond acceptors (Lipinski definition) is 4. The van der Waals surface area contributed by atoms with E-state index in [-0.39, 0.29) is 23.9 Å². The first-order valence-corrected chi connectivity index (χ1v) is 20.7. The summed E-state index contributed by atoms with van der Waals surface area (Å²) in [6.45, 7) is 10.3. The van der Waals surface area contributed by atoms with Crippen molar-refractivity contribution in [3.05, 3.63) is 155 Å². The molecule has 1 unspecified atom stereocenters. The number of nitrogens with one attached hydrogen (secondary N) is 1. The monoisotopic (exact) mass is 814 g/mol. The molecule has 0 radical (unpaired) electrons. The molecule has 0 aliphatic rings. The van der Waals surface area contributed by atoms with Crippen molar-refractivity contribution in [1.29, 1.82) is 0 Å². The molecule has 308 valence electrons. The fourth-order valence-electron chi connectivity index (χ4n) is 8.59. The summed E-state index contributed by atoms with van der Waals surface area (Å²) in [6.07, 6.45) is 0.395. The molecule has 61 heavy (non-hydrogen) atoms. The number of primary amides is 1. The van der Waals surface area contributed by atoms with E-state index in [1.54, 1.807) is 13.1 Å². The smallest absolute Gasteiger partial charge is 0.273 e. The zero-order valence-electron chi connectivity index (χ0n) is 35.2. The molecule has 1 atom stereocenters. The Bertz CT molecular complexity index is 3000. The molecule has 0 aliphatic carbocycles. The van der Waals surface area contributed by atoms with Gasteiger partial charge in [0.2, 0.25) is 5.91 Å². The lowest BCUT2D eigenvalue weighted by atomic mass is 9.93. The first kappa shape index (κ1) is 40.8. The second-order valence-electron chi connectivity index (χ2n) is 15.7. The molecule has 2 amide bonds. The van der Waals surface area contributed by atoms with E-state index in [4.69, 9.17) is 15.7 Å². The minimum absolute atomic E-state index is 0.0255. The van der Waals surface area contributed by atoms with Gasteiger partial charge in [-0.25, -0.2) is 18.7 Å². The van der Waals surface area contributed by atoms with Crippen LogP contribution in [0.5, 0.6) is 0 Å². The maximum Gasteiger partial charge on any atom is 0.273 e. The number of nitrogens with zero attached hydrogens (tertiary/aromatic N) is 4. The number of carbonyl (C=O) groups is 2. The van der Waals surface area contributed by atoms with E-state index in [2.05, 4.69) is 52.6 Å². The molecule has 0 bridgehead atoms. The fraction of sp³-hybridized carbons (Fsp3) is 0.216. The molecule has 0 spiro atoms. The fourth-order valence-corrected chi connectivity index (χ4v) is 8.59. The van der Waals surface area contributed by atoms with Gasteiger partial charge in [0, 0.05) is 53.9 Å². The third kappa shape index (κ3) is 7.47. The van der Waals surface area contributed by atoms with Gasteiger partial charge in [-0.3, -0.25) is 9.59 Å². The number of aryl methyl sites for hydroxylation is 3. The quantitative estimate of drug-likeness (QED) is 0.128. The van der Waals surface area contributed by atoms with Crippen molar-refractivity contribution >= 4 is 33.9 Å². The molecule has 8 aromatic rings. The predicted octanol–water partition coefficient (Wildman–Crippen LogP) is 11.5. The van der Waals surface area contributed by atoms with Crippen LogP contribution in [0.3, 0.4) is 0 Å². The molecule has 0 saturated heterocycles. The number of imidazole rings is 2. The second-order valence-corrected chi connectivity index (χ2v) is 15.7. The zero-order chi connectivity index (χ0) is 43.2. The Kier molecular flexibility index (Phi) is 10.9. The van der Waals surface area contributed by atoms with Crippen molar-refractivity contribution in [2.45, 2.75) is 66.0 Å². The Morgan fingerprint density at radius 2 is 1.38 bits per heavy atom. The summed E-state index contributed by atoms with van der Waals surface area (Å²) in [5, 5.41) is 2.72. The molecule has 6 aromatic carbocycles. The Hall–Kier alpha value is -6.94. The van der Waals surface area contributed by atoms with E-state index in [0.29, 0.717) is 35.1 Å². The van der Waals surface area contributed by atoms with Crippen LogP contribution in [0.1, 0.15) is 76.2 Å². The van der Waals surface area contributed by atoms with Crippen LogP contribution in [-0.4, -0.2) is 38.0 Å². The number of rotatable bonds is 12. The van der Waals surface area contributed by atoms with Crippen molar-refractivity contribution in [1.82, 2.24) is 24.4 Å². The van der Waals surface area contributed by atoms with E-state index in [0.717, 1.165) is 72.8 Å². The van der Waals surface area contributed by atoms with Crippen LogP contribution < -0.4 is 11.1 Å². The number of carbonyl (C=O) groups excluding carboxylic acids is 2. The number of alkyl halides is 2. The van der Waals surface area contributed by atoms with Gasteiger partial charge in [-0.2, -0.15) is 0 Å². The van der Waals surface area contributed by atoms with Crippen LogP contribution >= 0.6 is 0 Å². The van der Waals surface area contributed by atoms with Crippen LogP contribution in [0.2, 0.25) is 0 Å². The number of benzene rings is 6. The summed E-state index contributed by atoms with van der Waals surface area (Å²) in [4.78, 5) is 35.2. The highest BCUT2D eigenvalue weighted by atomic mass is 19.3. The lowest BCUT2D eigenvalue weighted by molar-refractivity contribution is -0.00818. The molecule has 2 aromatic heterocycles. The first-order valence-electron chi connectivity index (χ1n) is 20.7. The largest absolute Gasteiger partial charge is 0.366 e. The van der Waals surface area contributed by atoms with E-state index in [1.807, 2.05) is 92.7 Å². The molecular formula is C51H48F2N6O2.